The van der Waals surface area contributed by atoms with Gasteiger partial charge in [0.15, 0.2) is 11.6 Å². The van der Waals surface area contributed by atoms with Gasteiger partial charge in [0.05, 0.1) is 24.7 Å². The highest BCUT2D eigenvalue weighted by atomic mass is 19.1. The maximum Gasteiger partial charge on any atom is 0.368 e. The third-order valence-corrected chi connectivity index (χ3v) is 8.17. The Morgan fingerprint density at radius 1 is 1.11 bits per heavy atom. The summed E-state index contributed by atoms with van der Waals surface area (Å²) in [4.78, 5) is 26.6. The van der Waals surface area contributed by atoms with Crippen LogP contribution in [0.5, 0.6) is 5.75 Å². The molecule has 1 N–H and O–H groups in total. The highest BCUT2D eigenvalue weighted by Crippen LogP contribution is 2.44. The lowest BCUT2D eigenvalue weighted by atomic mass is 9.88. The van der Waals surface area contributed by atoms with Crippen molar-refractivity contribution in [3.05, 3.63) is 40.2 Å². The summed E-state index contributed by atoms with van der Waals surface area (Å²) in [7, 11) is 5.20. The second kappa shape index (κ2) is 9.97. The molecule has 1 aliphatic carbocycles. The van der Waals surface area contributed by atoms with E-state index in [9.17, 15) is 4.79 Å². The molecule has 3 aromatic rings. The molecule has 2 aliphatic heterocycles. The fraction of sp³-hybridized carbons (Fsp3) is 0.577. The average molecular weight is 524 g/mol. The Hall–Kier alpha value is -3.54. The number of nitrogens with one attached hydrogen (secondary N) is 1. The van der Waals surface area contributed by atoms with Crippen LogP contribution < -0.4 is 20.6 Å². The summed E-state index contributed by atoms with van der Waals surface area (Å²) in [5.41, 5.74) is 1.04. The normalized spacial score (nSPS) is 21.7. The highest BCUT2D eigenvalue weighted by Gasteiger charge is 2.36. The van der Waals surface area contributed by atoms with Crippen LogP contribution in [-0.2, 0) is 7.05 Å². The summed E-state index contributed by atoms with van der Waals surface area (Å²) in [6, 6.07) is 3.87. The molecule has 1 saturated carbocycles. The summed E-state index contributed by atoms with van der Waals surface area (Å²) in [6.45, 7) is 2.30. The number of fused-ring (bicyclic) bond motifs is 1. The summed E-state index contributed by atoms with van der Waals surface area (Å²) in [5, 5.41) is 10.9. The predicted octanol–water partition coefficient (Wildman–Crippen LogP) is 2.98. The van der Waals surface area contributed by atoms with Gasteiger partial charge in [-0.3, -0.25) is 4.90 Å². The van der Waals surface area contributed by atoms with Crippen LogP contribution in [0.2, 0.25) is 0 Å². The van der Waals surface area contributed by atoms with Gasteiger partial charge < -0.3 is 15.0 Å². The maximum atomic E-state index is 15.3. The summed E-state index contributed by atoms with van der Waals surface area (Å²) >= 11 is 0. The molecule has 0 amide bonds. The molecule has 0 unspecified atom stereocenters. The van der Waals surface area contributed by atoms with E-state index in [1.165, 1.54) is 37.1 Å². The van der Waals surface area contributed by atoms with Crippen LogP contribution in [0, 0.1) is 5.82 Å². The van der Waals surface area contributed by atoms with Gasteiger partial charge in [-0.05, 0) is 85.7 Å². The number of ether oxygens (including phenoxy) is 1. The molecular weight excluding hydrogens is 489 g/mol. The Morgan fingerprint density at radius 3 is 2.66 bits per heavy atom. The molecule has 3 fully saturated rings. The van der Waals surface area contributed by atoms with Crippen molar-refractivity contribution >= 4 is 17.5 Å². The van der Waals surface area contributed by atoms with Crippen molar-refractivity contribution in [2.75, 3.05) is 37.5 Å². The number of tetrazole rings is 1. The number of likely N-dealkylation sites (N-methyl/N-ethyl adjacent to an activating group) is 1. The van der Waals surface area contributed by atoms with Crippen molar-refractivity contribution in [3.63, 3.8) is 0 Å². The average Bonchev–Trinajstić information content (AvgIpc) is 3.73. The van der Waals surface area contributed by atoms with E-state index < -0.39 is 11.5 Å². The predicted molar refractivity (Wildman–Crippen MR) is 141 cm³/mol. The Labute approximate surface area is 220 Å². The molecule has 2 saturated heterocycles. The van der Waals surface area contributed by atoms with Crippen LogP contribution in [0.4, 0.5) is 21.8 Å². The molecule has 3 aliphatic rings. The van der Waals surface area contributed by atoms with Crippen LogP contribution >= 0.6 is 0 Å². The number of hydrogen-bond acceptors (Lipinski definition) is 9. The van der Waals surface area contributed by atoms with Crippen molar-refractivity contribution in [2.24, 2.45) is 7.05 Å². The van der Waals surface area contributed by atoms with Crippen LogP contribution in [-0.4, -0.2) is 74.0 Å². The molecular formula is C26H34FN9O2. The lowest BCUT2D eigenvalue weighted by molar-refractivity contribution is 0.0892. The Kier molecular flexibility index (Phi) is 6.50. The van der Waals surface area contributed by atoms with Gasteiger partial charge in [0.25, 0.3) is 0 Å². The lowest BCUT2D eigenvalue weighted by Crippen LogP contribution is -2.56. The van der Waals surface area contributed by atoms with E-state index in [1.807, 2.05) is 0 Å². The van der Waals surface area contributed by atoms with Crippen LogP contribution in [0.1, 0.15) is 56.4 Å². The Bertz CT molecular complexity index is 1380. The SMILES string of the molecule is COc1cnc(Nc2cc(-n3nnn(C)c3=O)c(C3CC3)cc2F)nc1N(C)[C@H]1CCCN2CCCC[C@H]12. The van der Waals surface area contributed by atoms with Crippen molar-refractivity contribution in [1.29, 1.82) is 0 Å². The molecule has 2 atom stereocenters. The molecule has 38 heavy (non-hydrogen) atoms. The summed E-state index contributed by atoms with van der Waals surface area (Å²) in [5.74, 6) is 1.26. The zero-order valence-electron chi connectivity index (χ0n) is 22.1. The number of nitrogens with zero attached hydrogens (tertiary/aromatic N) is 8. The highest BCUT2D eigenvalue weighted by molar-refractivity contribution is 5.64. The van der Waals surface area contributed by atoms with E-state index in [-0.39, 0.29) is 17.6 Å². The van der Waals surface area contributed by atoms with E-state index in [0.29, 0.717) is 29.3 Å². The molecule has 202 valence electrons. The van der Waals surface area contributed by atoms with Crippen molar-refractivity contribution in [3.8, 4) is 11.4 Å². The largest absolute Gasteiger partial charge is 0.491 e. The number of anilines is 3. The number of piperidine rings is 2. The quantitative estimate of drug-likeness (QED) is 0.500. The Balaban J connectivity index is 1.33. The monoisotopic (exact) mass is 523 g/mol. The zero-order valence-corrected chi connectivity index (χ0v) is 22.1. The van der Waals surface area contributed by atoms with Gasteiger partial charge in [0, 0.05) is 26.2 Å². The topological polar surface area (TPSA) is 106 Å². The lowest BCUT2D eigenvalue weighted by Gasteiger charge is -2.47. The smallest absolute Gasteiger partial charge is 0.368 e. The Morgan fingerprint density at radius 2 is 1.92 bits per heavy atom. The third kappa shape index (κ3) is 4.50. The standard InChI is InChI=1S/C26H34FN9O2/c1-33(20-8-6-12-35-11-5-4-7-21(20)35)24-23(38-3)15-28-25(30-24)29-19-14-22(36-26(37)34(2)31-32-36)17(13-18(19)27)16-9-10-16/h13-16,20-21H,4-12H2,1-3H3,(H,28,29,30)/t20-,21+/m0/s1. The van der Waals surface area contributed by atoms with E-state index in [2.05, 4.69) is 37.6 Å². The second-order valence-electron chi connectivity index (χ2n) is 10.6. The van der Waals surface area contributed by atoms with Gasteiger partial charge >= 0.3 is 5.69 Å². The van der Waals surface area contributed by atoms with E-state index >= 15 is 4.39 Å². The van der Waals surface area contributed by atoms with E-state index in [4.69, 9.17) is 9.72 Å². The van der Waals surface area contributed by atoms with Crippen LogP contribution in [0.3, 0.4) is 0 Å². The minimum Gasteiger partial charge on any atom is -0.491 e. The first-order valence-corrected chi connectivity index (χ1v) is 13.4. The maximum absolute atomic E-state index is 15.3. The van der Waals surface area contributed by atoms with Crippen LogP contribution in [0.15, 0.2) is 23.1 Å². The van der Waals surface area contributed by atoms with Gasteiger partial charge in [-0.1, -0.05) is 6.42 Å². The molecule has 2 aromatic heterocycles. The summed E-state index contributed by atoms with van der Waals surface area (Å²) in [6.07, 6.45) is 9.42. The number of halogens is 1. The molecule has 4 heterocycles. The van der Waals surface area contributed by atoms with Gasteiger partial charge in [-0.25, -0.2) is 14.2 Å². The van der Waals surface area contributed by atoms with Gasteiger partial charge in [-0.15, -0.1) is 0 Å². The molecule has 0 spiro atoms. The van der Waals surface area contributed by atoms with E-state index in [0.717, 1.165) is 49.0 Å². The van der Waals surface area contributed by atoms with Crippen LogP contribution in [0.25, 0.3) is 5.69 Å². The van der Waals surface area contributed by atoms with Gasteiger partial charge in [-0.2, -0.15) is 14.3 Å². The van der Waals surface area contributed by atoms with Gasteiger partial charge in [0.1, 0.15) is 5.82 Å². The van der Waals surface area contributed by atoms with Gasteiger partial charge in [0.2, 0.25) is 5.95 Å². The minimum atomic E-state index is -0.438. The molecule has 6 rings (SSSR count). The number of aromatic nitrogens is 6. The number of benzene rings is 1. The zero-order chi connectivity index (χ0) is 26.4. The molecule has 0 bridgehead atoms. The fourth-order valence-electron chi connectivity index (χ4n) is 6.02. The number of methoxy groups -OCH3 is 1. The fourth-order valence-corrected chi connectivity index (χ4v) is 6.02. The van der Waals surface area contributed by atoms with Crippen molar-refractivity contribution < 1.29 is 9.13 Å². The first-order valence-electron chi connectivity index (χ1n) is 13.4. The van der Waals surface area contributed by atoms with Crippen molar-refractivity contribution in [2.45, 2.75) is 62.9 Å². The van der Waals surface area contributed by atoms with E-state index in [1.54, 1.807) is 19.4 Å². The molecule has 12 heteroatoms. The molecule has 11 nitrogen and oxygen atoms in total. The third-order valence-electron chi connectivity index (χ3n) is 8.17. The number of aryl methyl sites for hydroxylation is 1. The molecule has 0 radical (unpaired) electrons. The first kappa shape index (κ1) is 24.8. The molecule has 1 aromatic carbocycles. The van der Waals surface area contributed by atoms with Crippen molar-refractivity contribution in [1.82, 2.24) is 34.7 Å². The number of hydrogen-bond donors (Lipinski definition) is 1. The first-order chi connectivity index (χ1) is 18.4. The summed E-state index contributed by atoms with van der Waals surface area (Å²) < 4.78 is 23.3. The minimum absolute atomic E-state index is 0.164. The number of rotatable bonds is 7. The second-order valence-corrected chi connectivity index (χ2v) is 10.6.